The highest BCUT2D eigenvalue weighted by atomic mass is 32.2. The number of sulfonamides is 1. The Morgan fingerprint density at radius 1 is 1.16 bits per heavy atom. The minimum Gasteiger partial charge on any atom is -0.245 e. The van der Waals surface area contributed by atoms with Crippen LogP contribution in [0.2, 0.25) is 0 Å². The van der Waals surface area contributed by atoms with Crippen LogP contribution in [0, 0.1) is 0 Å². The van der Waals surface area contributed by atoms with Gasteiger partial charge in [0.1, 0.15) is 10.0 Å². The van der Waals surface area contributed by atoms with Gasteiger partial charge in [-0.2, -0.15) is 0 Å². The Kier molecular flexibility index (Phi) is 5.21. The summed E-state index contributed by atoms with van der Waals surface area (Å²) < 4.78 is 28.5. The van der Waals surface area contributed by atoms with Crippen LogP contribution < -0.4 is 4.72 Å². The normalized spacial score (nSPS) is 12.0. The summed E-state index contributed by atoms with van der Waals surface area (Å²) in [6.07, 6.45) is 1.70. The molecule has 0 atom stereocenters. The van der Waals surface area contributed by atoms with Gasteiger partial charge in [-0.1, -0.05) is 48.6 Å². The van der Waals surface area contributed by atoms with E-state index in [1.807, 2.05) is 0 Å². The molecule has 25 heavy (non-hydrogen) atoms. The summed E-state index contributed by atoms with van der Waals surface area (Å²) in [6, 6.07) is 8.21. The molecule has 0 aliphatic heterocycles. The molecule has 3 rings (SSSR count). The SMILES string of the molecule is CC(C)c1nnc(Cn2cc(CNS(=O)(=O)c3ccccc3)nn2)s1. The van der Waals surface area contributed by atoms with Crippen LogP contribution in [-0.4, -0.2) is 33.6 Å². The van der Waals surface area contributed by atoms with E-state index in [1.54, 1.807) is 41.2 Å². The van der Waals surface area contributed by atoms with Crippen LogP contribution >= 0.6 is 11.3 Å². The van der Waals surface area contributed by atoms with Gasteiger partial charge in [-0.25, -0.2) is 17.8 Å². The highest BCUT2D eigenvalue weighted by Gasteiger charge is 2.14. The first kappa shape index (κ1) is 17.6. The number of nitrogens with one attached hydrogen (secondary N) is 1. The van der Waals surface area contributed by atoms with Crippen molar-refractivity contribution in [1.82, 2.24) is 29.9 Å². The van der Waals surface area contributed by atoms with Crippen LogP contribution in [0.4, 0.5) is 0 Å². The molecule has 1 N–H and O–H groups in total. The van der Waals surface area contributed by atoms with Crippen molar-refractivity contribution >= 4 is 21.4 Å². The fourth-order valence-electron chi connectivity index (χ4n) is 2.05. The second-order valence-electron chi connectivity index (χ2n) is 5.73. The van der Waals surface area contributed by atoms with Crippen molar-refractivity contribution in [2.45, 2.75) is 37.8 Å². The van der Waals surface area contributed by atoms with E-state index in [0.29, 0.717) is 18.2 Å². The van der Waals surface area contributed by atoms with E-state index in [2.05, 4.69) is 39.1 Å². The van der Waals surface area contributed by atoms with Gasteiger partial charge in [-0.3, -0.25) is 0 Å². The molecule has 0 saturated heterocycles. The second-order valence-corrected chi connectivity index (χ2v) is 8.59. The molecule has 0 fully saturated rings. The standard InChI is InChI=1S/C15H18N6O2S2/c1-11(2)15-19-18-14(24-15)10-21-9-12(17-20-21)8-16-25(22,23)13-6-4-3-5-7-13/h3-7,9,11,16H,8,10H2,1-2H3. The number of benzene rings is 1. The van der Waals surface area contributed by atoms with E-state index in [9.17, 15) is 8.42 Å². The fraction of sp³-hybridized carbons (Fsp3) is 0.333. The highest BCUT2D eigenvalue weighted by Crippen LogP contribution is 2.19. The number of aromatic nitrogens is 5. The molecule has 8 nitrogen and oxygen atoms in total. The van der Waals surface area contributed by atoms with Gasteiger partial charge in [0.2, 0.25) is 10.0 Å². The molecule has 2 heterocycles. The van der Waals surface area contributed by atoms with Crippen LogP contribution in [0.25, 0.3) is 0 Å². The molecule has 0 bridgehead atoms. The largest absolute Gasteiger partial charge is 0.245 e. The molecule has 0 aliphatic carbocycles. The van der Waals surface area contributed by atoms with Gasteiger partial charge in [0, 0.05) is 5.92 Å². The summed E-state index contributed by atoms with van der Waals surface area (Å²) in [7, 11) is -3.56. The van der Waals surface area contributed by atoms with Gasteiger partial charge < -0.3 is 0 Å². The molecule has 0 spiro atoms. The lowest BCUT2D eigenvalue weighted by Crippen LogP contribution is -2.23. The molecule has 0 unspecified atom stereocenters. The molecule has 0 saturated carbocycles. The number of rotatable bonds is 7. The maximum atomic E-state index is 12.2. The quantitative estimate of drug-likeness (QED) is 0.672. The predicted octanol–water partition coefficient (Wildman–Crippen LogP) is 1.78. The number of hydrogen-bond acceptors (Lipinski definition) is 7. The van der Waals surface area contributed by atoms with Crippen molar-refractivity contribution < 1.29 is 8.42 Å². The average Bonchev–Trinajstić information content (AvgIpc) is 3.24. The predicted molar refractivity (Wildman–Crippen MR) is 93.6 cm³/mol. The van der Waals surface area contributed by atoms with Gasteiger partial charge >= 0.3 is 0 Å². The third kappa shape index (κ3) is 4.47. The summed E-state index contributed by atoms with van der Waals surface area (Å²) in [5, 5.41) is 18.1. The Morgan fingerprint density at radius 2 is 1.92 bits per heavy atom. The van der Waals surface area contributed by atoms with Crippen molar-refractivity contribution in [3.8, 4) is 0 Å². The molecular formula is C15H18N6O2S2. The molecule has 132 valence electrons. The molecule has 0 radical (unpaired) electrons. The molecule has 1 aromatic carbocycles. The summed E-state index contributed by atoms with van der Waals surface area (Å²) in [6.45, 7) is 4.67. The van der Waals surface area contributed by atoms with Crippen molar-refractivity contribution in [2.75, 3.05) is 0 Å². The first-order valence-electron chi connectivity index (χ1n) is 7.70. The summed E-state index contributed by atoms with van der Waals surface area (Å²) in [5.41, 5.74) is 0.535. The number of hydrogen-bond donors (Lipinski definition) is 1. The summed E-state index contributed by atoms with van der Waals surface area (Å²) in [5.74, 6) is 0.338. The zero-order chi connectivity index (χ0) is 17.9. The third-order valence-electron chi connectivity index (χ3n) is 3.36. The van der Waals surface area contributed by atoms with Gasteiger partial charge in [0.25, 0.3) is 0 Å². The van der Waals surface area contributed by atoms with Gasteiger partial charge in [-0.05, 0) is 12.1 Å². The number of nitrogens with zero attached hydrogens (tertiary/aromatic N) is 5. The van der Waals surface area contributed by atoms with Gasteiger partial charge in [-0.15, -0.1) is 15.3 Å². The first-order chi connectivity index (χ1) is 11.9. The lowest BCUT2D eigenvalue weighted by molar-refractivity contribution is 0.580. The molecule has 0 amide bonds. The van der Waals surface area contributed by atoms with Crippen LogP contribution in [0.5, 0.6) is 0 Å². The van der Waals surface area contributed by atoms with Crippen LogP contribution in [-0.2, 0) is 23.1 Å². The Hall–Kier alpha value is -2.17. The van der Waals surface area contributed by atoms with E-state index in [-0.39, 0.29) is 11.4 Å². The second kappa shape index (κ2) is 7.38. The van der Waals surface area contributed by atoms with Gasteiger partial charge in [0.05, 0.1) is 29.9 Å². The lowest BCUT2D eigenvalue weighted by atomic mass is 10.2. The zero-order valence-corrected chi connectivity index (χ0v) is 15.5. The Bertz CT molecular complexity index is 934. The summed E-state index contributed by atoms with van der Waals surface area (Å²) >= 11 is 1.54. The van der Waals surface area contributed by atoms with E-state index < -0.39 is 10.0 Å². The Balaban J connectivity index is 1.62. The molecule has 2 aromatic heterocycles. The molecular weight excluding hydrogens is 360 g/mol. The van der Waals surface area contributed by atoms with E-state index in [1.165, 1.54) is 11.3 Å². The van der Waals surface area contributed by atoms with E-state index >= 15 is 0 Å². The Morgan fingerprint density at radius 3 is 2.60 bits per heavy atom. The van der Waals surface area contributed by atoms with Crippen molar-refractivity contribution in [3.05, 3.63) is 52.2 Å². The van der Waals surface area contributed by atoms with Crippen LogP contribution in [0.15, 0.2) is 41.4 Å². The third-order valence-corrected chi connectivity index (χ3v) is 5.98. The van der Waals surface area contributed by atoms with E-state index in [4.69, 9.17) is 0 Å². The van der Waals surface area contributed by atoms with Crippen molar-refractivity contribution in [1.29, 1.82) is 0 Å². The maximum absolute atomic E-state index is 12.2. The fourth-order valence-corrected chi connectivity index (χ4v) is 3.91. The summed E-state index contributed by atoms with van der Waals surface area (Å²) in [4.78, 5) is 0.220. The lowest BCUT2D eigenvalue weighted by Gasteiger charge is -2.04. The van der Waals surface area contributed by atoms with Crippen molar-refractivity contribution in [3.63, 3.8) is 0 Å². The maximum Gasteiger partial charge on any atom is 0.240 e. The van der Waals surface area contributed by atoms with Crippen molar-refractivity contribution in [2.24, 2.45) is 0 Å². The monoisotopic (exact) mass is 378 g/mol. The molecule has 0 aliphatic rings. The molecule has 3 aromatic rings. The smallest absolute Gasteiger partial charge is 0.240 e. The topological polar surface area (TPSA) is 103 Å². The average molecular weight is 378 g/mol. The minimum absolute atomic E-state index is 0.0740. The first-order valence-corrected chi connectivity index (χ1v) is 10.00. The zero-order valence-electron chi connectivity index (χ0n) is 13.8. The Labute approximate surface area is 150 Å². The molecule has 10 heteroatoms. The van der Waals surface area contributed by atoms with Gasteiger partial charge in [0.15, 0.2) is 0 Å². The van der Waals surface area contributed by atoms with Crippen LogP contribution in [0.3, 0.4) is 0 Å². The van der Waals surface area contributed by atoms with E-state index in [0.717, 1.165) is 10.0 Å². The minimum atomic E-state index is -3.56. The van der Waals surface area contributed by atoms with Crippen LogP contribution in [0.1, 0.15) is 35.5 Å². The highest BCUT2D eigenvalue weighted by molar-refractivity contribution is 7.89.